The highest BCUT2D eigenvalue weighted by Gasteiger charge is 2.43. The van der Waals surface area contributed by atoms with Crippen LogP contribution in [0.25, 0.3) is 10.4 Å². The van der Waals surface area contributed by atoms with E-state index in [0.717, 1.165) is 16.9 Å². The minimum Gasteiger partial charge on any atom is -0.497 e. The van der Waals surface area contributed by atoms with Gasteiger partial charge in [0.05, 0.1) is 18.4 Å². The van der Waals surface area contributed by atoms with E-state index >= 15 is 0 Å². The first-order chi connectivity index (χ1) is 13.4. The fourth-order valence-corrected chi connectivity index (χ4v) is 5.35. The van der Waals surface area contributed by atoms with Crippen molar-refractivity contribution in [2.24, 2.45) is 10.2 Å². The second kappa shape index (κ2) is 8.08. The van der Waals surface area contributed by atoms with Crippen LogP contribution in [0.1, 0.15) is 25.3 Å². The van der Waals surface area contributed by atoms with Gasteiger partial charge in [-0.25, -0.2) is 8.42 Å². The lowest BCUT2D eigenvalue weighted by atomic mass is 9.87. The SMILES string of the molecule is COc1ccc(CC2=CC(CN=[N+]=[N-])=CC(C)(S(=O)(=O)C3=NNCC3)C2)cc1. The van der Waals surface area contributed by atoms with Crippen molar-refractivity contribution in [1.82, 2.24) is 5.43 Å². The van der Waals surface area contributed by atoms with Crippen molar-refractivity contribution >= 4 is 14.9 Å². The van der Waals surface area contributed by atoms with Gasteiger partial charge < -0.3 is 10.2 Å². The van der Waals surface area contributed by atoms with E-state index in [9.17, 15) is 8.42 Å². The third kappa shape index (κ3) is 4.05. The topological polar surface area (TPSA) is 117 Å². The number of allylic oxidation sites excluding steroid dienone is 1. The van der Waals surface area contributed by atoms with Gasteiger partial charge in [0.2, 0.25) is 9.84 Å². The summed E-state index contributed by atoms with van der Waals surface area (Å²) in [4.78, 5) is 2.80. The number of rotatable bonds is 6. The Balaban J connectivity index is 1.93. The van der Waals surface area contributed by atoms with Gasteiger partial charge in [-0.1, -0.05) is 35.0 Å². The third-order valence-electron chi connectivity index (χ3n) is 4.94. The zero-order chi connectivity index (χ0) is 20.2. The molecule has 1 heterocycles. The summed E-state index contributed by atoms with van der Waals surface area (Å²) in [6.07, 6.45) is 4.99. The molecule has 148 valence electrons. The monoisotopic (exact) mass is 401 g/mol. The van der Waals surface area contributed by atoms with Crippen LogP contribution in [0.5, 0.6) is 5.75 Å². The molecule has 0 fully saturated rings. The predicted molar refractivity (Wildman–Crippen MR) is 109 cm³/mol. The molecule has 1 unspecified atom stereocenters. The number of nitrogens with zero attached hydrogens (tertiary/aromatic N) is 4. The molecular weight excluding hydrogens is 378 g/mol. The molecule has 28 heavy (non-hydrogen) atoms. The van der Waals surface area contributed by atoms with Crippen LogP contribution in [0.2, 0.25) is 0 Å². The van der Waals surface area contributed by atoms with Gasteiger partial charge in [-0.2, -0.15) is 5.10 Å². The van der Waals surface area contributed by atoms with E-state index in [4.69, 9.17) is 10.3 Å². The molecule has 1 aromatic rings. The number of sulfone groups is 1. The van der Waals surface area contributed by atoms with Gasteiger partial charge in [0.15, 0.2) is 5.04 Å². The van der Waals surface area contributed by atoms with Crippen LogP contribution in [0.3, 0.4) is 0 Å². The number of ether oxygens (including phenoxy) is 1. The Morgan fingerprint density at radius 1 is 1.36 bits per heavy atom. The second-order valence-electron chi connectivity index (χ2n) is 7.09. The maximum absolute atomic E-state index is 13.2. The van der Waals surface area contributed by atoms with Gasteiger partial charge in [-0.05, 0) is 48.6 Å². The Morgan fingerprint density at radius 2 is 2.11 bits per heavy atom. The molecule has 1 aromatic carbocycles. The first-order valence-electron chi connectivity index (χ1n) is 8.97. The smallest absolute Gasteiger partial charge is 0.202 e. The Bertz CT molecular complexity index is 989. The van der Waals surface area contributed by atoms with Crippen molar-refractivity contribution in [3.8, 4) is 5.75 Å². The van der Waals surface area contributed by atoms with Crippen LogP contribution in [0, 0.1) is 0 Å². The number of methoxy groups -OCH3 is 1. The van der Waals surface area contributed by atoms with Crippen LogP contribution in [0.4, 0.5) is 0 Å². The molecule has 0 saturated carbocycles. The standard InChI is InChI=1S/C19H23N5O3S/c1-19(28(25,26)18-7-8-21-23-18)11-15(10-16(12-19)13-22-24-20)9-14-3-5-17(27-2)6-4-14/h3-6,10,12,21H,7-9,11,13H2,1-2H3. The fraction of sp³-hybridized carbons (Fsp3) is 0.421. The summed E-state index contributed by atoms with van der Waals surface area (Å²) in [5, 5.41) is 7.78. The maximum atomic E-state index is 13.2. The van der Waals surface area contributed by atoms with Gasteiger partial charge in [-0.15, -0.1) is 0 Å². The molecule has 1 atom stereocenters. The summed E-state index contributed by atoms with van der Waals surface area (Å²) >= 11 is 0. The molecule has 0 spiro atoms. The summed E-state index contributed by atoms with van der Waals surface area (Å²) in [6, 6.07) is 7.68. The largest absolute Gasteiger partial charge is 0.497 e. The van der Waals surface area contributed by atoms with Crippen molar-refractivity contribution in [2.45, 2.75) is 30.9 Å². The Hall–Kier alpha value is -2.77. The Labute approximate surface area is 164 Å². The molecule has 0 radical (unpaired) electrons. The van der Waals surface area contributed by atoms with Gasteiger partial charge in [-0.3, -0.25) is 0 Å². The van der Waals surface area contributed by atoms with Crippen molar-refractivity contribution in [1.29, 1.82) is 0 Å². The minimum atomic E-state index is -3.64. The van der Waals surface area contributed by atoms with E-state index < -0.39 is 14.6 Å². The van der Waals surface area contributed by atoms with Crippen LogP contribution < -0.4 is 10.2 Å². The number of benzene rings is 1. The first kappa shape index (κ1) is 20.0. The van der Waals surface area contributed by atoms with Crippen LogP contribution in [-0.4, -0.2) is 38.4 Å². The first-order valence-corrected chi connectivity index (χ1v) is 10.5. The summed E-state index contributed by atoms with van der Waals surface area (Å²) in [7, 11) is -2.03. The van der Waals surface area contributed by atoms with E-state index in [1.165, 1.54) is 0 Å². The predicted octanol–water partition coefficient (Wildman–Crippen LogP) is 3.28. The fourth-order valence-electron chi connectivity index (χ4n) is 3.57. The molecule has 8 nitrogen and oxygen atoms in total. The van der Waals surface area contributed by atoms with Crippen molar-refractivity contribution in [3.05, 3.63) is 63.6 Å². The van der Waals surface area contributed by atoms with E-state index in [0.29, 0.717) is 31.4 Å². The molecule has 1 N–H and O–H groups in total. The number of hydrogen-bond acceptors (Lipinski definition) is 6. The summed E-state index contributed by atoms with van der Waals surface area (Å²) in [5.74, 6) is 0.768. The van der Waals surface area contributed by atoms with E-state index in [2.05, 4.69) is 20.6 Å². The van der Waals surface area contributed by atoms with Gasteiger partial charge >= 0.3 is 0 Å². The molecule has 0 saturated heterocycles. The number of azide groups is 1. The number of hydrogen-bond donors (Lipinski definition) is 1. The normalized spacial score (nSPS) is 21.7. The van der Waals surface area contributed by atoms with Crippen molar-refractivity contribution in [3.63, 3.8) is 0 Å². The molecule has 1 aliphatic carbocycles. The van der Waals surface area contributed by atoms with Crippen LogP contribution in [-0.2, 0) is 16.3 Å². The molecule has 9 heteroatoms. The molecular formula is C19H23N5O3S. The average Bonchev–Trinajstić information content (AvgIpc) is 3.22. The lowest BCUT2D eigenvalue weighted by molar-refractivity contribution is 0.414. The summed E-state index contributed by atoms with van der Waals surface area (Å²) < 4.78 is 30.6. The quantitative estimate of drug-likeness (QED) is 0.447. The lowest BCUT2D eigenvalue weighted by Crippen LogP contribution is -2.40. The highest BCUT2D eigenvalue weighted by molar-refractivity contribution is 8.07. The summed E-state index contributed by atoms with van der Waals surface area (Å²) in [5.41, 5.74) is 14.1. The zero-order valence-electron chi connectivity index (χ0n) is 15.9. The molecule has 3 rings (SSSR count). The molecule has 0 amide bonds. The maximum Gasteiger partial charge on any atom is 0.202 e. The molecule has 1 aliphatic heterocycles. The number of hydrazone groups is 1. The van der Waals surface area contributed by atoms with Gasteiger partial charge in [0.1, 0.15) is 5.75 Å². The average molecular weight is 401 g/mol. The van der Waals surface area contributed by atoms with Crippen LogP contribution >= 0.6 is 0 Å². The molecule has 0 aromatic heterocycles. The number of nitrogens with one attached hydrogen (secondary N) is 1. The highest BCUT2D eigenvalue weighted by atomic mass is 32.2. The van der Waals surface area contributed by atoms with Crippen molar-refractivity contribution in [2.75, 3.05) is 20.2 Å². The second-order valence-corrected chi connectivity index (χ2v) is 9.50. The van der Waals surface area contributed by atoms with E-state index in [1.54, 1.807) is 20.1 Å². The van der Waals surface area contributed by atoms with Crippen molar-refractivity contribution < 1.29 is 13.2 Å². The highest BCUT2D eigenvalue weighted by Crippen LogP contribution is 2.36. The molecule has 0 bridgehead atoms. The Kier molecular flexibility index (Phi) is 5.76. The van der Waals surface area contributed by atoms with Gasteiger partial charge in [0.25, 0.3) is 0 Å². The van der Waals surface area contributed by atoms with E-state index in [-0.39, 0.29) is 11.6 Å². The lowest BCUT2D eigenvalue weighted by Gasteiger charge is -2.31. The Morgan fingerprint density at radius 3 is 2.71 bits per heavy atom. The minimum absolute atomic E-state index is 0.110. The van der Waals surface area contributed by atoms with Crippen LogP contribution in [0.15, 0.2) is 57.8 Å². The van der Waals surface area contributed by atoms with E-state index in [1.807, 2.05) is 30.3 Å². The zero-order valence-corrected chi connectivity index (χ0v) is 16.7. The van der Waals surface area contributed by atoms with Gasteiger partial charge in [0, 0.05) is 17.9 Å². The molecule has 2 aliphatic rings. The third-order valence-corrected chi connectivity index (χ3v) is 7.35. The summed E-state index contributed by atoms with van der Waals surface area (Å²) in [6.45, 7) is 2.34.